The van der Waals surface area contributed by atoms with Crippen molar-refractivity contribution >= 4 is 27.6 Å². The lowest BCUT2D eigenvalue weighted by Crippen LogP contribution is -2.35. The number of carbonyl (C=O) groups excluding carboxylic acids is 1. The van der Waals surface area contributed by atoms with E-state index in [0.717, 1.165) is 22.2 Å². The highest BCUT2D eigenvalue weighted by molar-refractivity contribution is 9.10. The van der Waals surface area contributed by atoms with Crippen LogP contribution in [-0.4, -0.2) is 23.8 Å². The second-order valence-electron chi connectivity index (χ2n) is 4.93. The number of carbonyl (C=O) groups is 1. The number of esters is 1. The van der Waals surface area contributed by atoms with Gasteiger partial charge in [-0.1, -0.05) is 34.1 Å². The number of aliphatic imine (C=N–C) groups is 1. The molecule has 0 aliphatic carbocycles. The van der Waals surface area contributed by atoms with Gasteiger partial charge in [-0.05, 0) is 30.5 Å². The summed E-state index contributed by atoms with van der Waals surface area (Å²) in [5, 5.41) is 0. The van der Waals surface area contributed by atoms with Gasteiger partial charge in [0.15, 0.2) is 5.54 Å². The molecule has 0 aromatic heterocycles. The highest BCUT2D eigenvalue weighted by Crippen LogP contribution is 2.41. The van der Waals surface area contributed by atoms with Gasteiger partial charge in [0.2, 0.25) is 0 Å². The van der Waals surface area contributed by atoms with E-state index in [-0.39, 0.29) is 11.9 Å². The molecule has 19 heavy (non-hydrogen) atoms. The zero-order valence-electron chi connectivity index (χ0n) is 10.4. The van der Waals surface area contributed by atoms with Gasteiger partial charge in [0.25, 0.3) is 0 Å². The predicted octanol–water partition coefficient (Wildman–Crippen LogP) is 3.13. The molecule has 98 valence electrons. The molecule has 0 unspecified atom stereocenters. The van der Waals surface area contributed by atoms with Gasteiger partial charge in [-0.3, -0.25) is 4.99 Å². The molecule has 2 aliphatic rings. The molecular weight excluding hydrogens is 306 g/mol. The van der Waals surface area contributed by atoms with Crippen molar-refractivity contribution in [3.05, 3.63) is 47.0 Å². The maximum absolute atomic E-state index is 12.0. The molecule has 3 nitrogen and oxygen atoms in total. The number of cyclic esters (lactones) is 1. The van der Waals surface area contributed by atoms with Crippen molar-refractivity contribution in [2.24, 2.45) is 10.9 Å². The van der Waals surface area contributed by atoms with Crippen molar-refractivity contribution < 1.29 is 9.53 Å². The van der Waals surface area contributed by atoms with Crippen LogP contribution in [0.3, 0.4) is 0 Å². The van der Waals surface area contributed by atoms with Crippen molar-refractivity contribution in [2.45, 2.75) is 18.4 Å². The molecule has 0 amide bonds. The summed E-state index contributed by atoms with van der Waals surface area (Å²) in [4.78, 5) is 16.7. The minimum absolute atomic E-state index is 0.00653. The fourth-order valence-corrected chi connectivity index (χ4v) is 3.04. The van der Waals surface area contributed by atoms with Gasteiger partial charge >= 0.3 is 5.97 Å². The van der Waals surface area contributed by atoms with E-state index in [1.54, 1.807) is 6.08 Å². The lowest BCUT2D eigenvalue weighted by Gasteiger charge is -2.19. The van der Waals surface area contributed by atoms with Crippen molar-refractivity contribution in [1.82, 2.24) is 0 Å². The monoisotopic (exact) mass is 319 g/mol. The molecular formula is C15H14BrNO2. The summed E-state index contributed by atoms with van der Waals surface area (Å²) >= 11 is 3.42. The Bertz CT molecular complexity index is 564. The summed E-state index contributed by atoms with van der Waals surface area (Å²) in [5.41, 5.74) is 1.34. The van der Waals surface area contributed by atoms with Crippen molar-refractivity contribution in [2.75, 3.05) is 6.61 Å². The SMILES string of the molecule is C=C[C@@H]1COC(=O)[C@]12CCC(c1ccc(Br)cc1)=N2. The maximum atomic E-state index is 12.0. The van der Waals surface area contributed by atoms with Crippen LogP contribution in [0.25, 0.3) is 0 Å². The second-order valence-corrected chi connectivity index (χ2v) is 5.85. The van der Waals surface area contributed by atoms with Crippen LogP contribution < -0.4 is 0 Å². The molecule has 3 rings (SSSR count). The smallest absolute Gasteiger partial charge is 0.334 e. The molecule has 2 atom stereocenters. The Morgan fingerprint density at radius 1 is 1.42 bits per heavy atom. The van der Waals surface area contributed by atoms with Gasteiger partial charge in [0.1, 0.15) is 6.61 Å². The van der Waals surface area contributed by atoms with E-state index < -0.39 is 5.54 Å². The summed E-state index contributed by atoms with van der Waals surface area (Å²) in [6.45, 7) is 4.20. The molecule has 4 heteroatoms. The van der Waals surface area contributed by atoms with E-state index in [1.165, 1.54) is 0 Å². The van der Waals surface area contributed by atoms with E-state index in [0.29, 0.717) is 13.0 Å². The van der Waals surface area contributed by atoms with Crippen molar-refractivity contribution in [3.8, 4) is 0 Å². The summed E-state index contributed by atoms with van der Waals surface area (Å²) < 4.78 is 6.21. The average Bonchev–Trinajstić information content (AvgIpc) is 2.98. The van der Waals surface area contributed by atoms with E-state index in [9.17, 15) is 4.79 Å². The van der Waals surface area contributed by atoms with E-state index in [4.69, 9.17) is 9.73 Å². The zero-order chi connectivity index (χ0) is 13.5. The molecule has 0 radical (unpaired) electrons. The molecule has 1 aromatic carbocycles. The van der Waals surface area contributed by atoms with Crippen LogP contribution >= 0.6 is 15.9 Å². The number of benzene rings is 1. The third kappa shape index (κ3) is 1.94. The quantitative estimate of drug-likeness (QED) is 0.620. The Hall–Kier alpha value is -1.42. The molecule has 1 saturated heterocycles. The number of nitrogens with zero attached hydrogens (tertiary/aromatic N) is 1. The van der Waals surface area contributed by atoms with Gasteiger partial charge in [0.05, 0.1) is 0 Å². The largest absolute Gasteiger partial charge is 0.463 e. The van der Waals surface area contributed by atoms with Gasteiger partial charge in [-0.25, -0.2) is 4.79 Å². The molecule has 2 heterocycles. The molecule has 2 aliphatic heterocycles. The first-order valence-electron chi connectivity index (χ1n) is 6.30. The molecule has 0 bridgehead atoms. The maximum Gasteiger partial charge on any atom is 0.334 e. The number of hydrogen-bond donors (Lipinski definition) is 0. The van der Waals surface area contributed by atoms with Gasteiger partial charge < -0.3 is 4.74 Å². The Balaban J connectivity index is 1.98. The first-order chi connectivity index (χ1) is 9.15. The summed E-state index contributed by atoms with van der Waals surface area (Å²) in [6.07, 6.45) is 3.31. The first-order valence-corrected chi connectivity index (χ1v) is 7.09. The highest BCUT2D eigenvalue weighted by Gasteiger charge is 2.53. The molecule has 1 spiro atoms. The van der Waals surface area contributed by atoms with Crippen LogP contribution in [0.2, 0.25) is 0 Å². The molecule has 1 fully saturated rings. The summed E-state index contributed by atoms with van der Waals surface area (Å²) in [7, 11) is 0. The first kappa shape index (κ1) is 12.6. The Labute approximate surface area is 120 Å². The highest BCUT2D eigenvalue weighted by atomic mass is 79.9. The predicted molar refractivity (Wildman–Crippen MR) is 77.3 cm³/mol. The van der Waals surface area contributed by atoms with Crippen LogP contribution in [0, 0.1) is 5.92 Å². The van der Waals surface area contributed by atoms with E-state index in [2.05, 4.69) is 22.5 Å². The third-order valence-electron chi connectivity index (χ3n) is 3.90. The Morgan fingerprint density at radius 3 is 2.84 bits per heavy atom. The fourth-order valence-electron chi connectivity index (χ4n) is 2.77. The standard InChI is InChI=1S/C15H14BrNO2/c1-2-11-9-19-14(18)15(11)8-7-13(17-15)10-3-5-12(16)6-4-10/h2-6,11H,1,7-9H2/t11-,15+/m1/s1. The van der Waals surface area contributed by atoms with Crippen molar-refractivity contribution in [1.29, 1.82) is 0 Å². The van der Waals surface area contributed by atoms with E-state index in [1.807, 2.05) is 24.3 Å². The zero-order valence-corrected chi connectivity index (χ0v) is 12.0. The van der Waals surface area contributed by atoms with Crippen LogP contribution in [-0.2, 0) is 9.53 Å². The number of ether oxygens (including phenoxy) is 1. The Kier molecular flexibility index (Phi) is 3.05. The van der Waals surface area contributed by atoms with Gasteiger partial charge in [-0.2, -0.15) is 0 Å². The lowest BCUT2D eigenvalue weighted by molar-refractivity contribution is -0.142. The lowest BCUT2D eigenvalue weighted by atomic mass is 9.85. The van der Waals surface area contributed by atoms with Gasteiger partial charge in [0, 0.05) is 16.1 Å². The molecule has 0 saturated carbocycles. The van der Waals surface area contributed by atoms with Crippen LogP contribution in [0.5, 0.6) is 0 Å². The number of hydrogen-bond acceptors (Lipinski definition) is 3. The number of halogens is 1. The number of rotatable bonds is 2. The van der Waals surface area contributed by atoms with Crippen LogP contribution in [0.4, 0.5) is 0 Å². The minimum Gasteiger partial charge on any atom is -0.463 e. The topological polar surface area (TPSA) is 38.7 Å². The minimum atomic E-state index is -0.718. The van der Waals surface area contributed by atoms with Crippen LogP contribution in [0.15, 0.2) is 46.4 Å². The van der Waals surface area contributed by atoms with E-state index >= 15 is 0 Å². The van der Waals surface area contributed by atoms with Gasteiger partial charge in [-0.15, -0.1) is 6.58 Å². The summed E-state index contributed by atoms with van der Waals surface area (Å²) in [6, 6.07) is 8.01. The average molecular weight is 320 g/mol. The third-order valence-corrected chi connectivity index (χ3v) is 4.43. The van der Waals surface area contributed by atoms with Crippen LogP contribution in [0.1, 0.15) is 18.4 Å². The molecule has 1 aromatic rings. The Morgan fingerprint density at radius 2 is 2.16 bits per heavy atom. The molecule has 0 N–H and O–H groups in total. The summed E-state index contributed by atoms with van der Waals surface area (Å²) in [5.74, 6) is -0.211. The van der Waals surface area contributed by atoms with Crippen molar-refractivity contribution in [3.63, 3.8) is 0 Å². The normalized spacial score (nSPS) is 29.4. The second kappa shape index (κ2) is 4.60. The fraction of sp³-hybridized carbons (Fsp3) is 0.333.